The Morgan fingerprint density at radius 3 is 2.52 bits per heavy atom. The fourth-order valence-electron chi connectivity index (χ4n) is 2.33. The van der Waals surface area contributed by atoms with E-state index in [2.05, 4.69) is 10.2 Å². The summed E-state index contributed by atoms with van der Waals surface area (Å²) in [6, 6.07) is 5.72. The van der Waals surface area contributed by atoms with Crippen LogP contribution in [0.15, 0.2) is 18.2 Å². The van der Waals surface area contributed by atoms with Gasteiger partial charge in [-0.1, -0.05) is 0 Å². The van der Waals surface area contributed by atoms with Gasteiger partial charge < -0.3 is 10.1 Å². The van der Waals surface area contributed by atoms with Crippen LogP contribution in [0.5, 0.6) is 5.75 Å². The first-order valence-corrected chi connectivity index (χ1v) is 6.90. The largest absolute Gasteiger partial charge is 0.494 e. The second kappa shape index (κ2) is 10.0. The SMILES string of the molecule is CCOc1ccc(C(C)=O)cc1CN1CCNCC1.Cl.Cl. The predicted octanol–water partition coefficient (Wildman–Crippen LogP) is 2.54. The van der Waals surface area contributed by atoms with Gasteiger partial charge in [0.15, 0.2) is 5.78 Å². The number of ether oxygens (including phenoxy) is 1. The fourth-order valence-corrected chi connectivity index (χ4v) is 2.33. The number of halogens is 2. The highest BCUT2D eigenvalue weighted by Gasteiger charge is 2.14. The summed E-state index contributed by atoms with van der Waals surface area (Å²) in [5.74, 6) is 0.996. The molecule has 6 heteroatoms. The topological polar surface area (TPSA) is 41.6 Å². The van der Waals surface area contributed by atoms with Crippen molar-refractivity contribution in [1.82, 2.24) is 10.2 Å². The van der Waals surface area contributed by atoms with Gasteiger partial charge in [-0.3, -0.25) is 9.69 Å². The summed E-state index contributed by atoms with van der Waals surface area (Å²) in [5.41, 5.74) is 1.87. The van der Waals surface area contributed by atoms with Gasteiger partial charge in [0.1, 0.15) is 5.75 Å². The van der Waals surface area contributed by atoms with Crippen molar-refractivity contribution in [2.45, 2.75) is 20.4 Å². The molecule has 1 aliphatic rings. The Morgan fingerprint density at radius 1 is 1.29 bits per heavy atom. The molecular formula is C15H24Cl2N2O2. The minimum Gasteiger partial charge on any atom is -0.494 e. The molecule has 0 atom stereocenters. The van der Waals surface area contributed by atoms with Crippen LogP contribution in [0, 0.1) is 0 Å². The lowest BCUT2D eigenvalue weighted by Gasteiger charge is -2.28. The Hall–Kier alpha value is -0.810. The monoisotopic (exact) mass is 334 g/mol. The summed E-state index contributed by atoms with van der Waals surface area (Å²) < 4.78 is 5.66. The zero-order valence-corrected chi connectivity index (χ0v) is 14.2. The minimum atomic E-state index is 0. The maximum Gasteiger partial charge on any atom is 0.159 e. The molecular weight excluding hydrogens is 311 g/mol. The first-order valence-electron chi connectivity index (χ1n) is 6.90. The number of ketones is 1. The van der Waals surface area contributed by atoms with Crippen LogP contribution in [0.25, 0.3) is 0 Å². The average Bonchev–Trinajstić information content (AvgIpc) is 2.42. The fraction of sp³-hybridized carbons (Fsp3) is 0.533. The molecule has 2 rings (SSSR count). The van der Waals surface area contributed by atoms with Gasteiger partial charge in [-0.05, 0) is 32.0 Å². The summed E-state index contributed by atoms with van der Waals surface area (Å²) in [7, 11) is 0. The van der Waals surface area contributed by atoms with E-state index in [4.69, 9.17) is 4.74 Å². The first kappa shape index (κ1) is 20.2. The Labute approximate surface area is 139 Å². The second-order valence-corrected chi connectivity index (χ2v) is 4.84. The zero-order chi connectivity index (χ0) is 13.7. The number of hydrogen-bond donors (Lipinski definition) is 1. The third-order valence-corrected chi connectivity index (χ3v) is 3.37. The molecule has 0 aliphatic carbocycles. The van der Waals surface area contributed by atoms with Crippen LogP contribution >= 0.6 is 24.8 Å². The molecule has 1 aliphatic heterocycles. The smallest absolute Gasteiger partial charge is 0.159 e. The normalized spacial score (nSPS) is 14.8. The van der Waals surface area contributed by atoms with Gasteiger partial charge in [0.25, 0.3) is 0 Å². The van der Waals surface area contributed by atoms with Gasteiger partial charge in [0.2, 0.25) is 0 Å². The van der Waals surface area contributed by atoms with E-state index < -0.39 is 0 Å². The van der Waals surface area contributed by atoms with Crippen molar-refractivity contribution in [1.29, 1.82) is 0 Å². The van der Waals surface area contributed by atoms with E-state index in [-0.39, 0.29) is 30.6 Å². The van der Waals surface area contributed by atoms with Crippen molar-refractivity contribution in [3.63, 3.8) is 0 Å². The molecule has 1 fully saturated rings. The molecule has 0 bridgehead atoms. The number of carbonyl (C=O) groups is 1. The number of Topliss-reactive ketones (excluding diaryl/α,β-unsaturated/α-hetero) is 1. The predicted molar refractivity (Wildman–Crippen MR) is 90.3 cm³/mol. The van der Waals surface area contributed by atoms with Crippen LogP contribution in [0.4, 0.5) is 0 Å². The van der Waals surface area contributed by atoms with E-state index in [1.165, 1.54) is 0 Å². The number of piperazine rings is 1. The quantitative estimate of drug-likeness (QED) is 0.840. The number of benzene rings is 1. The van der Waals surface area contributed by atoms with E-state index in [1.807, 2.05) is 25.1 Å². The van der Waals surface area contributed by atoms with Gasteiger partial charge in [-0.25, -0.2) is 0 Å². The highest BCUT2D eigenvalue weighted by Crippen LogP contribution is 2.22. The molecule has 21 heavy (non-hydrogen) atoms. The van der Waals surface area contributed by atoms with Crippen LogP contribution in [-0.4, -0.2) is 43.5 Å². The third kappa shape index (κ3) is 5.83. The Bertz CT molecular complexity index is 449. The highest BCUT2D eigenvalue weighted by atomic mass is 35.5. The van der Waals surface area contributed by atoms with Crippen molar-refractivity contribution < 1.29 is 9.53 Å². The molecule has 4 nitrogen and oxygen atoms in total. The number of hydrogen-bond acceptors (Lipinski definition) is 4. The summed E-state index contributed by atoms with van der Waals surface area (Å²) in [4.78, 5) is 13.9. The zero-order valence-electron chi connectivity index (χ0n) is 12.6. The first-order chi connectivity index (χ1) is 9.20. The van der Waals surface area contributed by atoms with Gasteiger partial charge in [-0.15, -0.1) is 24.8 Å². The van der Waals surface area contributed by atoms with Crippen molar-refractivity contribution >= 4 is 30.6 Å². The van der Waals surface area contributed by atoms with Gasteiger partial charge >= 0.3 is 0 Å². The molecule has 0 radical (unpaired) electrons. The molecule has 1 heterocycles. The molecule has 1 saturated heterocycles. The van der Waals surface area contributed by atoms with Crippen LogP contribution in [0.2, 0.25) is 0 Å². The van der Waals surface area contributed by atoms with Gasteiger partial charge in [0, 0.05) is 43.9 Å². The van der Waals surface area contributed by atoms with E-state index in [9.17, 15) is 4.79 Å². The Balaban J connectivity index is 0.00000200. The van der Waals surface area contributed by atoms with Crippen molar-refractivity contribution in [2.24, 2.45) is 0 Å². The molecule has 1 aromatic rings. The van der Waals surface area contributed by atoms with Crippen LogP contribution in [-0.2, 0) is 6.54 Å². The molecule has 0 spiro atoms. The van der Waals surface area contributed by atoms with Gasteiger partial charge in [-0.2, -0.15) is 0 Å². The van der Waals surface area contributed by atoms with E-state index in [0.29, 0.717) is 6.61 Å². The van der Waals surface area contributed by atoms with Crippen molar-refractivity contribution in [2.75, 3.05) is 32.8 Å². The van der Waals surface area contributed by atoms with Crippen molar-refractivity contribution in [3.05, 3.63) is 29.3 Å². The summed E-state index contributed by atoms with van der Waals surface area (Å²) >= 11 is 0. The van der Waals surface area contributed by atoms with Crippen molar-refractivity contribution in [3.8, 4) is 5.75 Å². The standard InChI is InChI=1S/C15H22N2O2.2ClH/c1-3-19-15-5-4-13(12(2)18)10-14(15)11-17-8-6-16-7-9-17;;/h4-5,10,16H,3,6-9,11H2,1-2H3;2*1H. The summed E-state index contributed by atoms with van der Waals surface area (Å²) in [6.07, 6.45) is 0. The molecule has 1 N–H and O–H groups in total. The summed E-state index contributed by atoms with van der Waals surface area (Å²) in [5, 5.41) is 3.34. The lowest BCUT2D eigenvalue weighted by atomic mass is 10.1. The number of rotatable bonds is 5. The van der Waals surface area contributed by atoms with E-state index >= 15 is 0 Å². The number of nitrogens with zero attached hydrogens (tertiary/aromatic N) is 1. The lowest BCUT2D eigenvalue weighted by Crippen LogP contribution is -2.42. The molecule has 0 amide bonds. The second-order valence-electron chi connectivity index (χ2n) is 4.84. The third-order valence-electron chi connectivity index (χ3n) is 3.37. The molecule has 120 valence electrons. The lowest BCUT2D eigenvalue weighted by molar-refractivity contribution is 0.101. The number of carbonyl (C=O) groups excluding carboxylic acids is 1. The van der Waals surface area contributed by atoms with Gasteiger partial charge in [0.05, 0.1) is 6.61 Å². The number of nitrogens with one attached hydrogen (secondary N) is 1. The molecule has 1 aromatic carbocycles. The molecule has 0 aromatic heterocycles. The molecule has 0 saturated carbocycles. The minimum absolute atomic E-state index is 0. The maximum absolute atomic E-state index is 11.5. The summed E-state index contributed by atoms with van der Waals surface area (Å²) in [6.45, 7) is 9.20. The average molecular weight is 335 g/mol. The Kier molecular flexibility index (Phi) is 9.62. The maximum atomic E-state index is 11.5. The molecule has 0 unspecified atom stereocenters. The van der Waals surface area contributed by atoms with Crippen LogP contribution in [0.1, 0.15) is 29.8 Å². The highest BCUT2D eigenvalue weighted by molar-refractivity contribution is 5.94. The van der Waals surface area contributed by atoms with Crippen LogP contribution < -0.4 is 10.1 Å². The van der Waals surface area contributed by atoms with E-state index in [0.717, 1.165) is 49.6 Å². The van der Waals surface area contributed by atoms with Crippen LogP contribution in [0.3, 0.4) is 0 Å². The Morgan fingerprint density at radius 2 is 1.95 bits per heavy atom. The van der Waals surface area contributed by atoms with E-state index in [1.54, 1.807) is 6.92 Å².